The van der Waals surface area contributed by atoms with Crippen molar-refractivity contribution in [3.63, 3.8) is 0 Å². The Bertz CT molecular complexity index is 369. The van der Waals surface area contributed by atoms with Crippen LogP contribution < -0.4 is 5.32 Å². The number of methoxy groups -OCH3 is 1. The lowest BCUT2D eigenvalue weighted by molar-refractivity contribution is 0.180. The van der Waals surface area contributed by atoms with E-state index in [1.807, 2.05) is 0 Å². The van der Waals surface area contributed by atoms with Gasteiger partial charge in [0.1, 0.15) is 0 Å². The summed E-state index contributed by atoms with van der Waals surface area (Å²) in [6.07, 6.45) is 0. The molecule has 1 aliphatic rings. The van der Waals surface area contributed by atoms with Gasteiger partial charge in [0.05, 0.1) is 12.3 Å². The lowest BCUT2D eigenvalue weighted by atomic mass is 10.0. The van der Waals surface area contributed by atoms with Crippen molar-refractivity contribution >= 4 is 24.8 Å². The molecule has 0 saturated carbocycles. The van der Waals surface area contributed by atoms with Crippen LogP contribution in [0.2, 0.25) is 0 Å². The van der Waals surface area contributed by atoms with E-state index in [0.29, 0.717) is 6.61 Å². The van der Waals surface area contributed by atoms with Gasteiger partial charge in [0.25, 0.3) is 0 Å². The minimum absolute atomic E-state index is 0. The Morgan fingerprint density at radius 2 is 1.81 bits per heavy atom. The number of aromatic nitrogens is 1. The van der Waals surface area contributed by atoms with Gasteiger partial charge in [0.15, 0.2) is 0 Å². The third-order valence-electron chi connectivity index (χ3n) is 2.90. The number of nitrogens with one attached hydrogen (secondary N) is 1. The fourth-order valence-corrected chi connectivity index (χ4v) is 1.99. The molecule has 2 rings (SSSR count). The maximum atomic E-state index is 5.16. The molecular weight excluding hydrogens is 247 g/mol. The minimum atomic E-state index is 0. The zero-order chi connectivity index (χ0) is 10.1. The average molecular weight is 265 g/mol. The van der Waals surface area contributed by atoms with Crippen LogP contribution in [0.5, 0.6) is 0 Å². The van der Waals surface area contributed by atoms with Gasteiger partial charge in [-0.05, 0) is 30.5 Å². The normalized spacial score (nSPS) is 12.7. The minimum Gasteiger partial charge on any atom is -0.378 e. The molecule has 92 valence electrons. The molecule has 0 radical (unpaired) electrons. The fourth-order valence-electron chi connectivity index (χ4n) is 1.99. The van der Waals surface area contributed by atoms with Crippen LogP contribution in [0.25, 0.3) is 0 Å². The molecule has 0 atom stereocenters. The first-order valence-corrected chi connectivity index (χ1v) is 4.91. The SMILES string of the molecule is COCc1nc(C)c(C)c2c1CNC2.Cl.Cl. The molecular formula is C11H18Cl2N2O. The number of aryl methyl sites for hydroxylation is 1. The van der Waals surface area contributed by atoms with Gasteiger partial charge < -0.3 is 10.1 Å². The van der Waals surface area contributed by atoms with Gasteiger partial charge in [-0.15, -0.1) is 24.8 Å². The van der Waals surface area contributed by atoms with Crippen molar-refractivity contribution in [2.24, 2.45) is 0 Å². The Hall–Kier alpha value is -0.350. The summed E-state index contributed by atoms with van der Waals surface area (Å²) in [5, 5.41) is 3.36. The molecule has 1 aromatic rings. The predicted molar refractivity (Wildman–Crippen MR) is 69.5 cm³/mol. The van der Waals surface area contributed by atoms with Crippen LogP contribution in [0.1, 0.15) is 28.1 Å². The molecule has 5 heteroatoms. The molecule has 1 aliphatic heterocycles. The first-order chi connectivity index (χ1) is 6.74. The number of ether oxygens (including phenoxy) is 1. The van der Waals surface area contributed by atoms with Crippen molar-refractivity contribution in [1.82, 2.24) is 10.3 Å². The molecule has 2 heterocycles. The quantitative estimate of drug-likeness (QED) is 0.890. The summed E-state index contributed by atoms with van der Waals surface area (Å²) >= 11 is 0. The molecule has 1 aromatic heterocycles. The highest BCUT2D eigenvalue weighted by molar-refractivity contribution is 5.85. The second-order valence-corrected chi connectivity index (χ2v) is 3.76. The first kappa shape index (κ1) is 15.7. The van der Waals surface area contributed by atoms with E-state index in [2.05, 4.69) is 24.1 Å². The molecule has 0 spiro atoms. The zero-order valence-electron chi connectivity index (χ0n) is 9.79. The number of fused-ring (bicyclic) bond motifs is 1. The Balaban J connectivity index is 0.00000112. The van der Waals surface area contributed by atoms with Crippen LogP contribution in [0.4, 0.5) is 0 Å². The van der Waals surface area contributed by atoms with E-state index in [1.54, 1.807) is 7.11 Å². The second-order valence-electron chi connectivity index (χ2n) is 3.76. The maximum absolute atomic E-state index is 5.16. The van der Waals surface area contributed by atoms with E-state index in [4.69, 9.17) is 4.74 Å². The van der Waals surface area contributed by atoms with E-state index in [0.717, 1.165) is 24.5 Å². The Kier molecular flexibility index (Phi) is 6.26. The van der Waals surface area contributed by atoms with Gasteiger partial charge in [-0.2, -0.15) is 0 Å². The van der Waals surface area contributed by atoms with Crippen molar-refractivity contribution in [2.75, 3.05) is 7.11 Å². The number of nitrogens with zero attached hydrogens (tertiary/aromatic N) is 1. The van der Waals surface area contributed by atoms with E-state index < -0.39 is 0 Å². The fraction of sp³-hybridized carbons (Fsp3) is 0.545. The predicted octanol–water partition coefficient (Wildman–Crippen LogP) is 2.29. The smallest absolute Gasteiger partial charge is 0.0887 e. The van der Waals surface area contributed by atoms with Crippen LogP contribution in [0.15, 0.2) is 0 Å². The molecule has 0 aliphatic carbocycles. The van der Waals surface area contributed by atoms with Crippen LogP contribution >= 0.6 is 24.8 Å². The van der Waals surface area contributed by atoms with Gasteiger partial charge in [-0.3, -0.25) is 4.98 Å². The third-order valence-corrected chi connectivity index (χ3v) is 2.90. The van der Waals surface area contributed by atoms with E-state index in [-0.39, 0.29) is 24.8 Å². The molecule has 0 unspecified atom stereocenters. The van der Waals surface area contributed by atoms with Gasteiger partial charge in [-0.25, -0.2) is 0 Å². The molecule has 0 fully saturated rings. The van der Waals surface area contributed by atoms with Crippen molar-refractivity contribution < 1.29 is 4.74 Å². The zero-order valence-corrected chi connectivity index (χ0v) is 11.4. The highest BCUT2D eigenvalue weighted by Crippen LogP contribution is 2.24. The lowest BCUT2D eigenvalue weighted by Gasteiger charge is -2.11. The monoisotopic (exact) mass is 264 g/mol. The molecule has 0 bridgehead atoms. The van der Waals surface area contributed by atoms with E-state index >= 15 is 0 Å². The van der Waals surface area contributed by atoms with E-state index in [1.165, 1.54) is 16.7 Å². The average Bonchev–Trinajstić information content (AvgIpc) is 2.63. The Morgan fingerprint density at radius 3 is 2.44 bits per heavy atom. The van der Waals surface area contributed by atoms with Crippen LogP contribution in [0.3, 0.4) is 0 Å². The molecule has 3 nitrogen and oxygen atoms in total. The van der Waals surface area contributed by atoms with Gasteiger partial charge in [-0.1, -0.05) is 0 Å². The highest BCUT2D eigenvalue weighted by Gasteiger charge is 2.18. The van der Waals surface area contributed by atoms with Crippen LogP contribution in [-0.2, 0) is 24.4 Å². The summed E-state index contributed by atoms with van der Waals surface area (Å²) in [5.41, 5.74) is 6.31. The van der Waals surface area contributed by atoms with Crippen LogP contribution in [-0.4, -0.2) is 12.1 Å². The standard InChI is InChI=1S/C11H16N2O.2ClH/c1-7-8(2)13-11(6-14-3)10-5-12-4-9(7)10;;/h12H,4-6H2,1-3H3;2*1H. The van der Waals surface area contributed by atoms with Crippen molar-refractivity contribution in [3.05, 3.63) is 28.1 Å². The Morgan fingerprint density at radius 1 is 1.19 bits per heavy atom. The summed E-state index contributed by atoms with van der Waals surface area (Å²) < 4.78 is 5.16. The number of halogens is 2. The number of rotatable bonds is 2. The highest BCUT2D eigenvalue weighted by atomic mass is 35.5. The maximum Gasteiger partial charge on any atom is 0.0887 e. The van der Waals surface area contributed by atoms with Gasteiger partial charge in [0.2, 0.25) is 0 Å². The molecule has 0 aromatic carbocycles. The van der Waals surface area contributed by atoms with Gasteiger partial charge >= 0.3 is 0 Å². The second kappa shape index (κ2) is 6.40. The Labute approximate surface area is 109 Å². The van der Waals surface area contributed by atoms with Crippen molar-refractivity contribution in [2.45, 2.75) is 33.5 Å². The van der Waals surface area contributed by atoms with E-state index in [9.17, 15) is 0 Å². The first-order valence-electron chi connectivity index (χ1n) is 4.91. The molecule has 0 saturated heterocycles. The summed E-state index contributed by atoms with van der Waals surface area (Å²) in [5.74, 6) is 0. The summed E-state index contributed by atoms with van der Waals surface area (Å²) in [6.45, 7) is 6.73. The van der Waals surface area contributed by atoms with Gasteiger partial charge in [0, 0.05) is 25.9 Å². The summed E-state index contributed by atoms with van der Waals surface area (Å²) in [7, 11) is 1.71. The topological polar surface area (TPSA) is 34.1 Å². The number of hydrogen-bond donors (Lipinski definition) is 1. The molecule has 1 N–H and O–H groups in total. The van der Waals surface area contributed by atoms with Crippen molar-refractivity contribution in [1.29, 1.82) is 0 Å². The van der Waals surface area contributed by atoms with Crippen molar-refractivity contribution in [3.8, 4) is 0 Å². The molecule has 0 amide bonds. The van der Waals surface area contributed by atoms with Crippen LogP contribution in [0, 0.1) is 13.8 Å². The lowest BCUT2D eigenvalue weighted by Crippen LogP contribution is -2.04. The number of hydrogen-bond acceptors (Lipinski definition) is 3. The third kappa shape index (κ3) is 2.66. The summed E-state index contributed by atoms with van der Waals surface area (Å²) in [4.78, 5) is 4.57. The number of pyridine rings is 1. The summed E-state index contributed by atoms with van der Waals surface area (Å²) in [6, 6.07) is 0. The largest absolute Gasteiger partial charge is 0.378 e. The molecule has 16 heavy (non-hydrogen) atoms.